The SMILES string of the molecule is CC(=O)CN(CC(C)=O)C(CC(C)C(=O)O)C(C)=O. The lowest BCUT2D eigenvalue weighted by Gasteiger charge is -2.29. The van der Waals surface area contributed by atoms with Crippen molar-refractivity contribution in [3.8, 4) is 0 Å². The molecule has 0 heterocycles. The number of ketones is 3. The van der Waals surface area contributed by atoms with Gasteiger partial charge < -0.3 is 5.11 Å². The lowest BCUT2D eigenvalue weighted by molar-refractivity contribution is -0.142. The van der Waals surface area contributed by atoms with Crippen LogP contribution in [0.25, 0.3) is 0 Å². The summed E-state index contributed by atoms with van der Waals surface area (Å²) in [5, 5.41) is 8.89. The molecule has 0 fully saturated rings. The average molecular weight is 271 g/mol. The van der Waals surface area contributed by atoms with Gasteiger partial charge in [-0.15, -0.1) is 0 Å². The molecular weight excluding hydrogens is 250 g/mol. The maximum Gasteiger partial charge on any atom is 0.306 e. The summed E-state index contributed by atoms with van der Waals surface area (Å²) >= 11 is 0. The van der Waals surface area contributed by atoms with Crippen LogP contribution in [-0.2, 0) is 19.2 Å². The van der Waals surface area contributed by atoms with E-state index < -0.39 is 17.9 Å². The first-order valence-electron chi connectivity index (χ1n) is 6.11. The van der Waals surface area contributed by atoms with Crippen LogP contribution in [0.4, 0.5) is 0 Å². The highest BCUT2D eigenvalue weighted by molar-refractivity contribution is 5.86. The van der Waals surface area contributed by atoms with Crippen LogP contribution in [0.5, 0.6) is 0 Å². The van der Waals surface area contributed by atoms with E-state index in [0.29, 0.717) is 0 Å². The Morgan fingerprint density at radius 1 is 1.00 bits per heavy atom. The fourth-order valence-corrected chi connectivity index (χ4v) is 1.86. The minimum atomic E-state index is -1.00. The molecule has 0 aliphatic rings. The summed E-state index contributed by atoms with van der Waals surface area (Å²) in [6, 6.07) is -0.723. The molecule has 0 aliphatic carbocycles. The Morgan fingerprint density at radius 3 is 1.68 bits per heavy atom. The predicted molar refractivity (Wildman–Crippen MR) is 68.8 cm³/mol. The van der Waals surface area contributed by atoms with Crippen LogP contribution < -0.4 is 0 Å². The second-order valence-electron chi connectivity index (χ2n) is 4.91. The zero-order chi connectivity index (χ0) is 15.2. The molecular formula is C13H21NO5. The Morgan fingerprint density at radius 2 is 1.42 bits per heavy atom. The number of hydrogen-bond donors (Lipinski definition) is 1. The average Bonchev–Trinajstić information content (AvgIpc) is 2.22. The third-order valence-corrected chi connectivity index (χ3v) is 2.76. The fraction of sp³-hybridized carbons (Fsp3) is 0.692. The van der Waals surface area contributed by atoms with Crippen LogP contribution in [0.2, 0.25) is 0 Å². The van der Waals surface area contributed by atoms with Crippen molar-refractivity contribution in [1.82, 2.24) is 4.90 Å². The van der Waals surface area contributed by atoms with E-state index in [9.17, 15) is 19.2 Å². The smallest absolute Gasteiger partial charge is 0.306 e. The third kappa shape index (κ3) is 6.81. The number of hydrogen-bond acceptors (Lipinski definition) is 5. The molecule has 0 amide bonds. The van der Waals surface area contributed by atoms with Crippen molar-refractivity contribution in [1.29, 1.82) is 0 Å². The monoisotopic (exact) mass is 271 g/mol. The Labute approximate surface area is 112 Å². The molecule has 2 unspecified atom stereocenters. The first-order valence-corrected chi connectivity index (χ1v) is 6.11. The molecule has 2 atom stereocenters. The van der Waals surface area contributed by atoms with Crippen molar-refractivity contribution in [3.63, 3.8) is 0 Å². The molecule has 19 heavy (non-hydrogen) atoms. The van der Waals surface area contributed by atoms with E-state index in [-0.39, 0.29) is 36.9 Å². The van der Waals surface area contributed by atoms with E-state index in [4.69, 9.17) is 5.11 Å². The van der Waals surface area contributed by atoms with E-state index >= 15 is 0 Å². The largest absolute Gasteiger partial charge is 0.481 e. The highest BCUT2D eigenvalue weighted by atomic mass is 16.4. The number of carbonyl (C=O) groups excluding carboxylic acids is 3. The lowest BCUT2D eigenvalue weighted by atomic mass is 9.97. The van der Waals surface area contributed by atoms with Crippen LogP contribution in [0.15, 0.2) is 0 Å². The number of Topliss-reactive ketones (excluding diaryl/α,β-unsaturated/α-hetero) is 3. The lowest BCUT2D eigenvalue weighted by Crippen LogP contribution is -2.46. The standard InChI is InChI=1S/C13H21NO5/c1-8(13(18)19)5-12(11(4)17)14(6-9(2)15)7-10(3)16/h8,12H,5-7H2,1-4H3,(H,18,19). The number of carbonyl (C=O) groups is 4. The van der Waals surface area contributed by atoms with E-state index in [0.717, 1.165) is 0 Å². The van der Waals surface area contributed by atoms with Crippen LogP contribution in [0.1, 0.15) is 34.1 Å². The molecule has 0 spiro atoms. The Bertz CT molecular complexity index is 361. The van der Waals surface area contributed by atoms with Gasteiger partial charge in [-0.2, -0.15) is 0 Å². The van der Waals surface area contributed by atoms with E-state index in [2.05, 4.69) is 0 Å². The predicted octanol–water partition coefficient (Wildman–Crippen LogP) is 0.535. The minimum Gasteiger partial charge on any atom is -0.481 e. The summed E-state index contributed by atoms with van der Waals surface area (Å²) in [4.78, 5) is 46.4. The number of rotatable bonds is 9. The molecule has 1 N–H and O–H groups in total. The third-order valence-electron chi connectivity index (χ3n) is 2.76. The number of aliphatic carboxylic acids is 1. The van der Waals surface area contributed by atoms with Crippen LogP contribution in [0, 0.1) is 5.92 Å². The van der Waals surface area contributed by atoms with E-state index in [1.807, 2.05) is 0 Å². The van der Waals surface area contributed by atoms with Crippen molar-refractivity contribution in [3.05, 3.63) is 0 Å². The van der Waals surface area contributed by atoms with Crippen molar-refractivity contribution in [2.45, 2.75) is 40.2 Å². The summed E-state index contributed by atoms with van der Waals surface area (Å²) in [6.45, 7) is 5.51. The summed E-state index contributed by atoms with van der Waals surface area (Å²) in [7, 11) is 0. The van der Waals surface area contributed by atoms with Gasteiger partial charge in [-0.1, -0.05) is 6.92 Å². The van der Waals surface area contributed by atoms with Gasteiger partial charge in [-0.3, -0.25) is 24.1 Å². The molecule has 0 rings (SSSR count). The highest BCUT2D eigenvalue weighted by Gasteiger charge is 2.28. The number of nitrogens with zero attached hydrogens (tertiary/aromatic N) is 1. The molecule has 0 saturated carbocycles. The Balaban J connectivity index is 5.03. The van der Waals surface area contributed by atoms with Crippen LogP contribution >= 0.6 is 0 Å². The second-order valence-corrected chi connectivity index (χ2v) is 4.91. The first-order chi connectivity index (χ1) is 8.65. The molecule has 0 bridgehead atoms. The minimum absolute atomic E-state index is 0.0316. The Hall–Kier alpha value is -1.56. The molecule has 0 radical (unpaired) electrons. The molecule has 6 heteroatoms. The van der Waals surface area contributed by atoms with Gasteiger partial charge in [0.2, 0.25) is 0 Å². The van der Waals surface area contributed by atoms with Crippen molar-refractivity contribution in [2.24, 2.45) is 5.92 Å². The van der Waals surface area contributed by atoms with Crippen LogP contribution in [-0.4, -0.2) is 52.5 Å². The first kappa shape index (κ1) is 17.4. The van der Waals surface area contributed by atoms with Gasteiger partial charge in [0.15, 0.2) is 0 Å². The molecule has 108 valence electrons. The van der Waals surface area contributed by atoms with E-state index in [1.54, 1.807) is 0 Å². The van der Waals surface area contributed by atoms with Gasteiger partial charge in [0.1, 0.15) is 17.3 Å². The van der Waals surface area contributed by atoms with E-state index in [1.165, 1.54) is 32.6 Å². The topological polar surface area (TPSA) is 91.8 Å². The van der Waals surface area contributed by atoms with Crippen molar-refractivity contribution in [2.75, 3.05) is 13.1 Å². The molecule has 0 aliphatic heterocycles. The maximum absolute atomic E-state index is 11.6. The Kier molecular flexibility index (Phi) is 7.14. The molecule has 0 saturated heterocycles. The van der Waals surface area contributed by atoms with Gasteiger partial charge in [0.25, 0.3) is 0 Å². The fourth-order valence-electron chi connectivity index (χ4n) is 1.86. The summed E-state index contributed by atoms with van der Waals surface area (Å²) in [6.07, 6.45) is 0.0885. The molecule has 0 aromatic rings. The maximum atomic E-state index is 11.6. The van der Waals surface area contributed by atoms with Gasteiger partial charge in [-0.25, -0.2) is 0 Å². The molecule has 6 nitrogen and oxygen atoms in total. The summed E-state index contributed by atoms with van der Waals surface area (Å²) < 4.78 is 0. The van der Waals surface area contributed by atoms with Gasteiger partial charge in [-0.05, 0) is 27.2 Å². The molecule has 0 aromatic carbocycles. The summed E-state index contributed by atoms with van der Waals surface area (Å²) in [5.74, 6) is -2.30. The quantitative estimate of drug-likeness (QED) is 0.658. The second kappa shape index (κ2) is 7.78. The van der Waals surface area contributed by atoms with Gasteiger partial charge in [0, 0.05) is 0 Å². The summed E-state index contributed by atoms with van der Waals surface area (Å²) in [5.41, 5.74) is 0. The van der Waals surface area contributed by atoms with Crippen LogP contribution in [0.3, 0.4) is 0 Å². The normalized spacial score (nSPS) is 13.9. The highest BCUT2D eigenvalue weighted by Crippen LogP contribution is 2.14. The van der Waals surface area contributed by atoms with Crippen molar-refractivity contribution < 1.29 is 24.3 Å². The number of carboxylic acid groups (broad SMARTS) is 1. The van der Waals surface area contributed by atoms with Gasteiger partial charge >= 0.3 is 5.97 Å². The van der Waals surface area contributed by atoms with Gasteiger partial charge in [0.05, 0.1) is 25.0 Å². The van der Waals surface area contributed by atoms with Crippen molar-refractivity contribution >= 4 is 23.3 Å². The zero-order valence-electron chi connectivity index (χ0n) is 11.8. The zero-order valence-corrected chi connectivity index (χ0v) is 11.8. The number of carboxylic acids is 1. The molecule has 0 aromatic heterocycles.